The highest BCUT2D eigenvalue weighted by molar-refractivity contribution is 6.11. The number of nitrogen functional groups attached to an aromatic ring is 1. The quantitative estimate of drug-likeness (QED) is 0.712. The van der Waals surface area contributed by atoms with Gasteiger partial charge >= 0.3 is 0 Å². The lowest BCUT2D eigenvalue weighted by atomic mass is 10.0. The lowest BCUT2D eigenvalue weighted by Crippen LogP contribution is -2.18. The second-order valence-corrected chi connectivity index (χ2v) is 5.10. The number of anilines is 1. The summed E-state index contributed by atoms with van der Waals surface area (Å²) < 4.78 is 18.9. The van der Waals surface area contributed by atoms with E-state index < -0.39 is 0 Å². The van der Waals surface area contributed by atoms with Crippen molar-refractivity contribution in [1.82, 2.24) is 5.32 Å². The molecule has 1 amide bonds. The number of carbonyl (C=O) groups is 1. The van der Waals surface area contributed by atoms with E-state index in [0.717, 1.165) is 5.56 Å². The van der Waals surface area contributed by atoms with E-state index >= 15 is 0 Å². The van der Waals surface area contributed by atoms with E-state index in [1.54, 1.807) is 25.2 Å². The van der Waals surface area contributed by atoms with Gasteiger partial charge in [0, 0.05) is 29.8 Å². The number of nitrogens with one attached hydrogen (secondary N) is 1. The number of aryl methyl sites for hydroxylation is 1. The molecule has 0 aliphatic rings. The fourth-order valence-corrected chi connectivity index (χ4v) is 2.42. The molecule has 4 nitrogen and oxygen atoms in total. The summed E-state index contributed by atoms with van der Waals surface area (Å²) in [5.74, 6) is -0.206. The van der Waals surface area contributed by atoms with E-state index in [-0.39, 0.29) is 11.7 Å². The summed E-state index contributed by atoms with van der Waals surface area (Å²) in [5, 5.41) is 3.30. The summed E-state index contributed by atoms with van der Waals surface area (Å²) in [4.78, 5) is 12.3. The molecule has 0 aliphatic carbocycles. The van der Waals surface area contributed by atoms with Gasteiger partial charge in [0.1, 0.15) is 17.2 Å². The monoisotopic (exact) mass is 298 g/mol. The van der Waals surface area contributed by atoms with E-state index in [9.17, 15) is 9.18 Å². The standard InChI is InChI=1S/C17H15FN2O2/c1-9-7-12-14(8-13(9)19)22-16(15(12)17(21)20-2)10-3-5-11(18)6-4-10/h3-8H,19H2,1-2H3,(H,20,21). The van der Waals surface area contributed by atoms with Gasteiger partial charge in [-0.3, -0.25) is 4.79 Å². The number of carbonyl (C=O) groups excluding carboxylic acids is 1. The predicted octanol–water partition coefficient (Wildman–Crippen LogP) is 3.49. The smallest absolute Gasteiger partial charge is 0.255 e. The fraction of sp³-hybridized carbons (Fsp3) is 0.118. The van der Waals surface area contributed by atoms with E-state index in [4.69, 9.17) is 10.2 Å². The van der Waals surface area contributed by atoms with Crippen LogP contribution >= 0.6 is 0 Å². The maximum absolute atomic E-state index is 13.1. The van der Waals surface area contributed by atoms with E-state index in [0.29, 0.717) is 33.5 Å². The molecular weight excluding hydrogens is 283 g/mol. The number of halogens is 1. The van der Waals surface area contributed by atoms with Gasteiger partial charge in [-0.2, -0.15) is 0 Å². The third-order valence-corrected chi connectivity index (χ3v) is 3.64. The molecule has 0 fully saturated rings. The number of amides is 1. The van der Waals surface area contributed by atoms with Crippen molar-refractivity contribution in [2.24, 2.45) is 0 Å². The average Bonchev–Trinajstić information content (AvgIpc) is 2.86. The second-order valence-electron chi connectivity index (χ2n) is 5.10. The number of hydrogen-bond acceptors (Lipinski definition) is 3. The minimum absolute atomic E-state index is 0.262. The summed E-state index contributed by atoms with van der Waals surface area (Å²) in [6, 6.07) is 9.34. The van der Waals surface area contributed by atoms with Crippen molar-refractivity contribution in [2.45, 2.75) is 6.92 Å². The largest absolute Gasteiger partial charge is 0.455 e. The molecule has 3 aromatic rings. The summed E-state index contributed by atoms with van der Waals surface area (Å²) in [6.45, 7) is 1.87. The van der Waals surface area contributed by atoms with Crippen molar-refractivity contribution in [3.8, 4) is 11.3 Å². The maximum Gasteiger partial charge on any atom is 0.255 e. The Kier molecular flexibility index (Phi) is 3.33. The van der Waals surface area contributed by atoms with Gasteiger partial charge in [-0.05, 0) is 42.8 Å². The number of benzene rings is 2. The Labute approximate surface area is 126 Å². The van der Waals surface area contributed by atoms with Crippen LogP contribution in [0.1, 0.15) is 15.9 Å². The normalized spacial score (nSPS) is 10.9. The van der Waals surface area contributed by atoms with Crippen molar-refractivity contribution in [3.05, 3.63) is 53.3 Å². The van der Waals surface area contributed by atoms with Gasteiger partial charge in [0.05, 0.1) is 5.56 Å². The molecule has 0 saturated carbocycles. The van der Waals surface area contributed by atoms with Crippen molar-refractivity contribution in [2.75, 3.05) is 12.8 Å². The first kappa shape index (κ1) is 14.1. The number of furan rings is 1. The van der Waals surface area contributed by atoms with E-state index in [1.165, 1.54) is 12.1 Å². The summed E-state index contributed by atoms with van der Waals surface area (Å²) in [6.07, 6.45) is 0. The molecule has 0 atom stereocenters. The van der Waals surface area contributed by atoms with Crippen LogP contribution in [0.4, 0.5) is 10.1 Å². The molecule has 5 heteroatoms. The van der Waals surface area contributed by atoms with Gasteiger partial charge < -0.3 is 15.5 Å². The first-order valence-electron chi connectivity index (χ1n) is 6.82. The molecule has 0 saturated heterocycles. The van der Waals surface area contributed by atoms with Crippen LogP contribution in [-0.2, 0) is 0 Å². The SMILES string of the molecule is CNC(=O)c1c(-c2ccc(F)cc2)oc2cc(N)c(C)cc12. The molecular formula is C17H15FN2O2. The Morgan fingerprint density at radius 3 is 2.55 bits per heavy atom. The van der Waals surface area contributed by atoms with Gasteiger partial charge in [-0.1, -0.05) is 0 Å². The molecule has 0 spiro atoms. The topological polar surface area (TPSA) is 68.3 Å². The van der Waals surface area contributed by atoms with E-state index in [2.05, 4.69) is 5.32 Å². The lowest BCUT2D eigenvalue weighted by Gasteiger charge is -2.03. The van der Waals surface area contributed by atoms with Crippen LogP contribution in [0, 0.1) is 12.7 Å². The zero-order valence-electron chi connectivity index (χ0n) is 12.2. The molecule has 0 radical (unpaired) electrons. The van der Waals surface area contributed by atoms with Crippen molar-refractivity contribution >= 4 is 22.6 Å². The molecule has 3 N–H and O–H groups in total. The zero-order valence-corrected chi connectivity index (χ0v) is 12.2. The first-order valence-corrected chi connectivity index (χ1v) is 6.82. The molecule has 1 heterocycles. The predicted molar refractivity (Wildman–Crippen MR) is 84.1 cm³/mol. The lowest BCUT2D eigenvalue weighted by molar-refractivity contribution is 0.0964. The number of fused-ring (bicyclic) bond motifs is 1. The summed E-state index contributed by atoms with van der Waals surface area (Å²) in [7, 11) is 1.56. The Morgan fingerprint density at radius 1 is 1.23 bits per heavy atom. The minimum atomic E-state index is -0.346. The van der Waals surface area contributed by atoms with Gasteiger partial charge in [-0.15, -0.1) is 0 Å². The Bertz CT molecular complexity index is 866. The highest BCUT2D eigenvalue weighted by Crippen LogP contribution is 2.35. The molecule has 1 aromatic heterocycles. The Morgan fingerprint density at radius 2 is 1.91 bits per heavy atom. The summed E-state index contributed by atoms with van der Waals surface area (Å²) in [5.41, 5.74) is 8.94. The molecule has 3 rings (SSSR count). The third kappa shape index (κ3) is 2.20. The van der Waals surface area contributed by atoms with E-state index in [1.807, 2.05) is 13.0 Å². The van der Waals surface area contributed by atoms with Crippen LogP contribution < -0.4 is 11.1 Å². The van der Waals surface area contributed by atoms with Crippen LogP contribution in [0.2, 0.25) is 0 Å². The second kappa shape index (κ2) is 5.18. The molecule has 2 aromatic carbocycles. The average molecular weight is 298 g/mol. The number of rotatable bonds is 2. The molecule has 112 valence electrons. The van der Waals surface area contributed by atoms with Crippen LogP contribution in [0.25, 0.3) is 22.3 Å². The van der Waals surface area contributed by atoms with Gasteiger partial charge in [0.15, 0.2) is 0 Å². The Balaban J connectivity index is 2.33. The van der Waals surface area contributed by atoms with Crippen LogP contribution in [0.3, 0.4) is 0 Å². The molecule has 22 heavy (non-hydrogen) atoms. The van der Waals surface area contributed by atoms with Gasteiger partial charge in [0.25, 0.3) is 5.91 Å². The van der Waals surface area contributed by atoms with Gasteiger partial charge in [0.2, 0.25) is 0 Å². The first-order chi connectivity index (χ1) is 10.5. The summed E-state index contributed by atoms with van der Waals surface area (Å²) >= 11 is 0. The fourth-order valence-electron chi connectivity index (χ4n) is 2.42. The zero-order chi connectivity index (χ0) is 15.9. The maximum atomic E-state index is 13.1. The molecule has 0 bridgehead atoms. The number of nitrogens with two attached hydrogens (primary N) is 1. The van der Waals surface area contributed by atoms with Crippen molar-refractivity contribution < 1.29 is 13.6 Å². The molecule has 0 aliphatic heterocycles. The van der Waals surface area contributed by atoms with Crippen LogP contribution in [0.15, 0.2) is 40.8 Å². The Hall–Kier alpha value is -2.82. The van der Waals surface area contributed by atoms with Gasteiger partial charge in [-0.25, -0.2) is 4.39 Å². The minimum Gasteiger partial charge on any atom is -0.455 e. The number of hydrogen-bond donors (Lipinski definition) is 2. The third-order valence-electron chi connectivity index (χ3n) is 3.64. The van der Waals surface area contributed by atoms with Crippen molar-refractivity contribution in [1.29, 1.82) is 0 Å². The highest BCUT2D eigenvalue weighted by Gasteiger charge is 2.22. The van der Waals surface area contributed by atoms with Crippen LogP contribution in [-0.4, -0.2) is 13.0 Å². The highest BCUT2D eigenvalue weighted by atomic mass is 19.1. The van der Waals surface area contributed by atoms with Crippen LogP contribution in [0.5, 0.6) is 0 Å². The van der Waals surface area contributed by atoms with Crippen molar-refractivity contribution in [3.63, 3.8) is 0 Å². The molecule has 0 unspecified atom stereocenters.